The molecule has 2 aromatic carbocycles. The van der Waals surface area contributed by atoms with E-state index in [2.05, 4.69) is 26.7 Å². The number of halogens is 1. The first-order chi connectivity index (χ1) is 12.6. The maximum absolute atomic E-state index is 11.5. The molecule has 0 bridgehead atoms. The number of nitrogens with zero attached hydrogens (tertiary/aromatic N) is 1. The number of esters is 1. The van der Waals surface area contributed by atoms with Crippen molar-refractivity contribution < 1.29 is 13.9 Å². The predicted octanol–water partition coefficient (Wildman–Crippen LogP) is 5.56. The summed E-state index contributed by atoms with van der Waals surface area (Å²) in [4.78, 5) is 11.5. The minimum absolute atomic E-state index is 0.382. The first-order valence-electron chi connectivity index (χ1n) is 7.77. The van der Waals surface area contributed by atoms with Crippen molar-refractivity contribution in [3.8, 4) is 17.4 Å². The van der Waals surface area contributed by atoms with Crippen molar-refractivity contribution in [3.05, 3.63) is 82.0 Å². The van der Waals surface area contributed by atoms with E-state index in [1.807, 2.05) is 30.3 Å². The van der Waals surface area contributed by atoms with Crippen molar-refractivity contribution >= 4 is 33.5 Å². The Kier molecular flexibility index (Phi) is 5.35. The molecule has 0 amide bonds. The van der Waals surface area contributed by atoms with Gasteiger partial charge in [0.05, 0.1) is 24.3 Å². The van der Waals surface area contributed by atoms with Crippen LogP contribution in [0.5, 0.6) is 0 Å². The van der Waals surface area contributed by atoms with Crippen LogP contribution < -0.4 is 0 Å². The average Bonchev–Trinajstić information content (AvgIpc) is 3.15. The molecule has 3 rings (SSSR count). The van der Waals surface area contributed by atoms with Gasteiger partial charge in [0, 0.05) is 10.0 Å². The number of carbonyl (C=O) groups is 1. The highest BCUT2D eigenvalue weighted by Gasteiger charge is 2.09. The molecule has 0 unspecified atom stereocenters. The lowest BCUT2D eigenvalue weighted by molar-refractivity contribution is 0.0600. The number of hydrogen-bond acceptors (Lipinski definition) is 4. The minimum Gasteiger partial charge on any atom is -0.465 e. The third kappa shape index (κ3) is 3.93. The number of nitriles is 1. The van der Waals surface area contributed by atoms with Gasteiger partial charge in [0.1, 0.15) is 11.5 Å². The fraction of sp³-hybridized carbons (Fsp3) is 0.0476. The third-order valence-corrected chi connectivity index (χ3v) is 4.31. The summed E-state index contributed by atoms with van der Waals surface area (Å²) in [6.07, 6.45) is 1.70. The standard InChI is InChI=1S/C21H14BrNO3/c1-25-21(24)16-4-2-15(3-5-16)20-11-10-19(26-20)12-17(13-23)14-6-8-18(22)9-7-14/h2-12H,1H3/b17-12+. The Morgan fingerprint density at radius 1 is 1.04 bits per heavy atom. The van der Waals surface area contributed by atoms with Gasteiger partial charge < -0.3 is 9.15 Å². The second-order valence-corrected chi connectivity index (χ2v) is 6.36. The van der Waals surface area contributed by atoms with Crippen molar-refractivity contribution in [2.75, 3.05) is 7.11 Å². The number of allylic oxidation sites excluding steroid dienone is 1. The van der Waals surface area contributed by atoms with E-state index in [1.54, 1.807) is 36.4 Å². The van der Waals surface area contributed by atoms with Crippen LogP contribution in [0.15, 0.2) is 69.6 Å². The van der Waals surface area contributed by atoms with Crippen molar-refractivity contribution in [1.29, 1.82) is 5.26 Å². The Balaban J connectivity index is 1.86. The monoisotopic (exact) mass is 407 g/mol. The molecular formula is C21H14BrNO3. The van der Waals surface area contributed by atoms with Gasteiger partial charge in [0.25, 0.3) is 0 Å². The van der Waals surface area contributed by atoms with E-state index in [-0.39, 0.29) is 5.97 Å². The summed E-state index contributed by atoms with van der Waals surface area (Å²) in [5, 5.41) is 9.42. The molecule has 0 spiro atoms. The second-order valence-electron chi connectivity index (χ2n) is 5.45. The first kappa shape index (κ1) is 17.7. The molecule has 0 aliphatic rings. The molecule has 0 atom stereocenters. The first-order valence-corrected chi connectivity index (χ1v) is 8.56. The molecule has 1 heterocycles. The molecule has 0 N–H and O–H groups in total. The molecule has 0 radical (unpaired) electrons. The van der Waals surface area contributed by atoms with Gasteiger partial charge in [-0.25, -0.2) is 4.79 Å². The van der Waals surface area contributed by atoms with Gasteiger partial charge in [-0.2, -0.15) is 5.26 Å². The Bertz CT molecular complexity index is 993. The molecule has 1 aromatic heterocycles. The van der Waals surface area contributed by atoms with Crippen LogP contribution in [0, 0.1) is 11.3 Å². The van der Waals surface area contributed by atoms with E-state index in [9.17, 15) is 10.1 Å². The molecule has 3 aromatic rings. The summed E-state index contributed by atoms with van der Waals surface area (Å²) in [5.41, 5.74) is 2.64. The van der Waals surface area contributed by atoms with E-state index in [0.29, 0.717) is 22.7 Å². The number of ether oxygens (including phenoxy) is 1. The van der Waals surface area contributed by atoms with Crippen LogP contribution in [-0.4, -0.2) is 13.1 Å². The maximum atomic E-state index is 11.5. The largest absolute Gasteiger partial charge is 0.465 e. The zero-order chi connectivity index (χ0) is 18.5. The van der Waals surface area contributed by atoms with E-state index in [1.165, 1.54) is 7.11 Å². The molecule has 0 fully saturated rings. The van der Waals surface area contributed by atoms with Crippen molar-refractivity contribution in [3.63, 3.8) is 0 Å². The lowest BCUT2D eigenvalue weighted by atomic mass is 10.1. The van der Waals surface area contributed by atoms with Crippen LogP contribution in [0.4, 0.5) is 0 Å². The third-order valence-electron chi connectivity index (χ3n) is 3.78. The average molecular weight is 408 g/mol. The normalized spacial score (nSPS) is 11.0. The number of rotatable bonds is 4. The quantitative estimate of drug-likeness (QED) is 0.419. The number of hydrogen-bond donors (Lipinski definition) is 0. The Hall–Kier alpha value is -3.10. The van der Waals surface area contributed by atoms with Crippen LogP contribution in [0.1, 0.15) is 21.7 Å². The second kappa shape index (κ2) is 7.85. The van der Waals surface area contributed by atoms with E-state index in [0.717, 1.165) is 15.6 Å². The summed E-state index contributed by atoms with van der Waals surface area (Å²) in [6, 6.07) is 20.3. The van der Waals surface area contributed by atoms with Gasteiger partial charge in [-0.1, -0.05) is 40.2 Å². The molecule has 0 saturated heterocycles. The van der Waals surface area contributed by atoms with E-state index < -0.39 is 0 Å². The molecule has 0 aliphatic carbocycles. The minimum atomic E-state index is -0.382. The maximum Gasteiger partial charge on any atom is 0.337 e. The zero-order valence-electron chi connectivity index (χ0n) is 13.9. The van der Waals surface area contributed by atoms with Crippen LogP contribution in [-0.2, 0) is 4.74 Å². The van der Waals surface area contributed by atoms with Gasteiger partial charge in [0.2, 0.25) is 0 Å². The van der Waals surface area contributed by atoms with Gasteiger partial charge in [0.15, 0.2) is 0 Å². The summed E-state index contributed by atoms with van der Waals surface area (Å²) < 4.78 is 11.5. The van der Waals surface area contributed by atoms with Crippen LogP contribution >= 0.6 is 15.9 Å². The Morgan fingerprint density at radius 2 is 1.69 bits per heavy atom. The topological polar surface area (TPSA) is 63.2 Å². The number of methoxy groups -OCH3 is 1. The van der Waals surface area contributed by atoms with Crippen LogP contribution in [0.3, 0.4) is 0 Å². The molecule has 4 nitrogen and oxygen atoms in total. The highest BCUT2D eigenvalue weighted by atomic mass is 79.9. The van der Waals surface area contributed by atoms with E-state index >= 15 is 0 Å². The lowest BCUT2D eigenvalue weighted by Gasteiger charge is -2.01. The molecule has 128 valence electrons. The van der Waals surface area contributed by atoms with E-state index in [4.69, 9.17) is 4.42 Å². The predicted molar refractivity (Wildman–Crippen MR) is 103 cm³/mol. The van der Waals surface area contributed by atoms with Gasteiger partial charge in [-0.05, 0) is 48.0 Å². The molecule has 0 aliphatic heterocycles. The van der Waals surface area contributed by atoms with Crippen molar-refractivity contribution in [2.45, 2.75) is 0 Å². The van der Waals surface area contributed by atoms with Crippen molar-refractivity contribution in [2.24, 2.45) is 0 Å². The lowest BCUT2D eigenvalue weighted by Crippen LogP contribution is -2.00. The number of furan rings is 1. The van der Waals surface area contributed by atoms with Gasteiger partial charge in [-0.15, -0.1) is 0 Å². The van der Waals surface area contributed by atoms with Gasteiger partial charge in [-0.3, -0.25) is 0 Å². The molecule has 5 heteroatoms. The molecule has 26 heavy (non-hydrogen) atoms. The SMILES string of the molecule is COC(=O)c1ccc(-c2ccc(/C=C(\C#N)c3ccc(Br)cc3)o2)cc1. The van der Waals surface area contributed by atoms with Gasteiger partial charge >= 0.3 is 5.97 Å². The molecule has 0 saturated carbocycles. The summed E-state index contributed by atoms with van der Waals surface area (Å²) in [5.74, 6) is 0.852. The summed E-state index contributed by atoms with van der Waals surface area (Å²) in [6.45, 7) is 0. The number of carbonyl (C=O) groups excluding carboxylic acids is 1. The van der Waals surface area contributed by atoms with Crippen molar-refractivity contribution in [1.82, 2.24) is 0 Å². The summed E-state index contributed by atoms with van der Waals surface area (Å²) >= 11 is 3.38. The van der Waals surface area contributed by atoms with Crippen LogP contribution in [0.25, 0.3) is 23.0 Å². The Labute approximate surface area is 159 Å². The highest BCUT2D eigenvalue weighted by Crippen LogP contribution is 2.26. The highest BCUT2D eigenvalue weighted by molar-refractivity contribution is 9.10. The van der Waals surface area contributed by atoms with Crippen LogP contribution in [0.2, 0.25) is 0 Å². The summed E-state index contributed by atoms with van der Waals surface area (Å²) in [7, 11) is 1.35. The number of benzene rings is 2. The molecular weight excluding hydrogens is 394 g/mol. The zero-order valence-corrected chi connectivity index (χ0v) is 15.5. The fourth-order valence-corrected chi connectivity index (χ4v) is 2.69. The Morgan fingerprint density at radius 3 is 2.31 bits per heavy atom. The smallest absolute Gasteiger partial charge is 0.337 e. The fourth-order valence-electron chi connectivity index (χ4n) is 2.43.